The second kappa shape index (κ2) is 7.85. The number of aromatic nitrogens is 5. The van der Waals surface area contributed by atoms with Crippen LogP contribution in [0.15, 0.2) is 30.3 Å². The Balaban J connectivity index is 1.48. The highest BCUT2D eigenvalue weighted by Crippen LogP contribution is 2.25. The highest BCUT2D eigenvalue weighted by molar-refractivity contribution is 6.11. The SMILES string of the molecule is Cc1cc(C(=O)Nc2ccc(-n3nc(C)cc3C)c(F)c2)c2nc3n(c2n1)CCCCC3. The molecule has 0 atom stereocenters. The number of pyridine rings is 1. The zero-order chi connectivity index (χ0) is 22.4. The van der Waals surface area contributed by atoms with E-state index in [2.05, 4.69) is 20.0 Å². The Labute approximate surface area is 185 Å². The summed E-state index contributed by atoms with van der Waals surface area (Å²) in [6.45, 7) is 6.47. The van der Waals surface area contributed by atoms with Gasteiger partial charge >= 0.3 is 0 Å². The maximum absolute atomic E-state index is 14.9. The molecule has 4 aromatic rings. The average Bonchev–Trinajstić information content (AvgIpc) is 3.15. The van der Waals surface area contributed by atoms with Gasteiger partial charge in [-0.1, -0.05) is 6.42 Å². The largest absolute Gasteiger partial charge is 0.322 e. The molecule has 0 unspecified atom stereocenters. The minimum atomic E-state index is -0.459. The van der Waals surface area contributed by atoms with E-state index in [4.69, 9.17) is 4.98 Å². The lowest BCUT2D eigenvalue weighted by Gasteiger charge is -2.10. The summed E-state index contributed by atoms with van der Waals surface area (Å²) in [5, 5.41) is 7.16. The number of hydrogen-bond donors (Lipinski definition) is 1. The molecular weight excluding hydrogens is 407 g/mol. The van der Waals surface area contributed by atoms with Crippen LogP contribution in [0.25, 0.3) is 16.9 Å². The van der Waals surface area contributed by atoms with E-state index >= 15 is 0 Å². The molecule has 0 bridgehead atoms. The van der Waals surface area contributed by atoms with Gasteiger partial charge < -0.3 is 9.88 Å². The zero-order valence-electron chi connectivity index (χ0n) is 18.4. The summed E-state index contributed by atoms with van der Waals surface area (Å²) in [7, 11) is 0. The van der Waals surface area contributed by atoms with Crippen LogP contribution in [0.4, 0.5) is 10.1 Å². The molecule has 0 spiro atoms. The third kappa shape index (κ3) is 3.55. The monoisotopic (exact) mass is 432 g/mol. The van der Waals surface area contributed by atoms with Crippen LogP contribution in [0, 0.1) is 26.6 Å². The van der Waals surface area contributed by atoms with E-state index in [0.717, 1.165) is 54.4 Å². The second-order valence-electron chi connectivity index (χ2n) is 8.43. The number of carbonyl (C=O) groups is 1. The van der Waals surface area contributed by atoms with Crippen LogP contribution in [0.1, 0.15) is 52.5 Å². The molecule has 8 heteroatoms. The number of imidazole rings is 1. The molecule has 0 radical (unpaired) electrons. The Morgan fingerprint density at radius 3 is 2.62 bits per heavy atom. The molecule has 4 heterocycles. The third-order valence-electron chi connectivity index (χ3n) is 5.88. The van der Waals surface area contributed by atoms with E-state index in [1.54, 1.807) is 22.9 Å². The van der Waals surface area contributed by atoms with E-state index in [9.17, 15) is 9.18 Å². The van der Waals surface area contributed by atoms with Gasteiger partial charge in [0.25, 0.3) is 5.91 Å². The topological polar surface area (TPSA) is 77.6 Å². The van der Waals surface area contributed by atoms with E-state index in [1.165, 1.54) is 12.5 Å². The van der Waals surface area contributed by atoms with Crippen LogP contribution < -0.4 is 5.32 Å². The summed E-state index contributed by atoms with van der Waals surface area (Å²) in [6.07, 6.45) is 4.22. The van der Waals surface area contributed by atoms with Crippen LogP contribution in [0.3, 0.4) is 0 Å². The molecule has 3 aromatic heterocycles. The van der Waals surface area contributed by atoms with Crippen LogP contribution in [0.2, 0.25) is 0 Å². The number of rotatable bonds is 3. The fourth-order valence-corrected chi connectivity index (χ4v) is 4.42. The molecule has 0 aliphatic carbocycles. The van der Waals surface area contributed by atoms with Crippen molar-refractivity contribution in [1.29, 1.82) is 0 Å². The molecule has 164 valence electrons. The van der Waals surface area contributed by atoms with E-state index in [-0.39, 0.29) is 5.91 Å². The smallest absolute Gasteiger partial charge is 0.258 e. The number of halogens is 1. The zero-order valence-corrected chi connectivity index (χ0v) is 18.4. The van der Waals surface area contributed by atoms with E-state index in [1.807, 2.05) is 26.8 Å². The van der Waals surface area contributed by atoms with Crippen molar-refractivity contribution >= 4 is 22.8 Å². The Morgan fingerprint density at radius 1 is 1.03 bits per heavy atom. The van der Waals surface area contributed by atoms with Crippen molar-refractivity contribution in [3.8, 4) is 5.69 Å². The van der Waals surface area contributed by atoms with Gasteiger partial charge in [0.15, 0.2) is 11.5 Å². The van der Waals surface area contributed by atoms with Crippen LogP contribution in [-0.2, 0) is 13.0 Å². The van der Waals surface area contributed by atoms with Gasteiger partial charge in [-0.3, -0.25) is 4.79 Å². The van der Waals surface area contributed by atoms with Gasteiger partial charge in [-0.2, -0.15) is 5.10 Å². The second-order valence-corrected chi connectivity index (χ2v) is 8.43. The average molecular weight is 433 g/mol. The minimum absolute atomic E-state index is 0.327. The first-order valence-electron chi connectivity index (χ1n) is 10.9. The fraction of sp³-hybridized carbons (Fsp3) is 0.333. The highest BCUT2D eigenvalue weighted by Gasteiger charge is 2.21. The first kappa shape index (κ1) is 20.4. The van der Waals surface area contributed by atoms with Gasteiger partial charge in [0.05, 0.1) is 11.3 Å². The molecule has 1 N–H and O–H groups in total. The highest BCUT2D eigenvalue weighted by atomic mass is 19.1. The van der Waals surface area contributed by atoms with Gasteiger partial charge in [0.1, 0.15) is 17.0 Å². The third-order valence-corrected chi connectivity index (χ3v) is 5.88. The fourth-order valence-electron chi connectivity index (χ4n) is 4.42. The normalized spacial score (nSPS) is 13.8. The Hall–Kier alpha value is -3.55. The predicted molar refractivity (Wildman–Crippen MR) is 121 cm³/mol. The first-order valence-corrected chi connectivity index (χ1v) is 10.9. The Kier molecular flexibility index (Phi) is 5.00. The molecule has 0 saturated carbocycles. The summed E-state index contributed by atoms with van der Waals surface area (Å²) in [4.78, 5) is 22.6. The number of carbonyl (C=O) groups excluding carboxylic acids is 1. The number of hydrogen-bond acceptors (Lipinski definition) is 4. The van der Waals surface area contributed by atoms with Crippen molar-refractivity contribution in [3.05, 3.63) is 64.6 Å². The van der Waals surface area contributed by atoms with Crippen LogP contribution in [-0.4, -0.2) is 30.2 Å². The van der Waals surface area contributed by atoms with Crippen molar-refractivity contribution in [2.24, 2.45) is 0 Å². The molecule has 1 aliphatic rings. The van der Waals surface area contributed by atoms with E-state index in [0.29, 0.717) is 22.5 Å². The molecular formula is C24H25FN6O. The summed E-state index contributed by atoms with van der Waals surface area (Å²) in [6, 6.07) is 8.25. The van der Waals surface area contributed by atoms with E-state index < -0.39 is 5.82 Å². The number of aryl methyl sites for hydroxylation is 5. The molecule has 0 fully saturated rings. The van der Waals surface area contributed by atoms with Crippen molar-refractivity contribution in [2.75, 3.05) is 5.32 Å². The standard InChI is InChI=1S/C24H25FN6O/c1-14-12-18(22-23(26-14)30-10-6-4-5-7-21(30)28-22)24(32)27-17-8-9-20(19(25)13-17)31-16(3)11-15(2)29-31/h8-9,11-13H,4-7,10H2,1-3H3,(H,27,32). The molecule has 7 nitrogen and oxygen atoms in total. The number of anilines is 1. The maximum Gasteiger partial charge on any atom is 0.258 e. The summed E-state index contributed by atoms with van der Waals surface area (Å²) in [5.41, 5.74) is 4.93. The number of benzene rings is 1. The van der Waals surface area contributed by atoms with Gasteiger partial charge in [0.2, 0.25) is 0 Å². The lowest BCUT2D eigenvalue weighted by Crippen LogP contribution is -2.14. The molecule has 1 aromatic carbocycles. The number of fused-ring (bicyclic) bond motifs is 3. The van der Waals surface area contributed by atoms with Gasteiger partial charge in [-0.05, 0) is 63.9 Å². The quantitative estimate of drug-likeness (QED) is 0.511. The van der Waals surface area contributed by atoms with Gasteiger partial charge in [-0.25, -0.2) is 19.0 Å². The Morgan fingerprint density at radius 2 is 1.88 bits per heavy atom. The lowest BCUT2D eigenvalue weighted by atomic mass is 10.1. The summed E-state index contributed by atoms with van der Waals surface area (Å²) >= 11 is 0. The van der Waals surface area contributed by atoms with Gasteiger partial charge in [-0.15, -0.1) is 0 Å². The van der Waals surface area contributed by atoms with Crippen LogP contribution in [0.5, 0.6) is 0 Å². The molecule has 1 amide bonds. The molecule has 0 saturated heterocycles. The lowest BCUT2D eigenvalue weighted by molar-refractivity contribution is 0.102. The number of nitrogens with one attached hydrogen (secondary N) is 1. The van der Waals surface area contributed by atoms with Gasteiger partial charge in [0, 0.05) is 30.0 Å². The van der Waals surface area contributed by atoms with Crippen molar-refractivity contribution in [3.63, 3.8) is 0 Å². The number of nitrogens with zero attached hydrogens (tertiary/aromatic N) is 5. The first-order chi connectivity index (χ1) is 15.4. The molecule has 5 rings (SSSR count). The minimum Gasteiger partial charge on any atom is -0.322 e. The molecule has 1 aliphatic heterocycles. The molecule has 32 heavy (non-hydrogen) atoms. The summed E-state index contributed by atoms with van der Waals surface area (Å²) < 4.78 is 18.5. The Bertz CT molecular complexity index is 1350. The van der Waals surface area contributed by atoms with Crippen molar-refractivity contribution < 1.29 is 9.18 Å². The van der Waals surface area contributed by atoms with Crippen molar-refractivity contribution in [2.45, 2.75) is 53.0 Å². The van der Waals surface area contributed by atoms with Crippen molar-refractivity contribution in [1.82, 2.24) is 24.3 Å². The predicted octanol–water partition coefficient (Wildman–Crippen LogP) is 4.66. The summed E-state index contributed by atoms with van der Waals surface area (Å²) in [5.74, 6) is 0.190. The number of amides is 1. The maximum atomic E-state index is 14.9. The van der Waals surface area contributed by atoms with Crippen LogP contribution >= 0.6 is 0 Å².